The number of alkyl halides is 2. The first-order chi connectivity index (χ1) is 14.8. The number of hydrogen-bond acceptors (Lipinski definition) is 5. The van der Waals surface area contributed by atoms with Crippen LogP contribution in [-0.4, -0.2) is 40.4 Å². The lowest BCUT2D eigenvalue weighted by Gasteiger charge is -2.19. The van der Waals surface area contributed by atoms with Gasteiger partial charge in [0.1, 0.15) is 18.0 Å². The molecule has 0 saturated heterocycles. The van der Waals surface area contributed by atoms with E-state index in [1.807, 2.05) is 6.92 Å². The lowest BCUT2D eigenvalue weighted by molar-refractivity contribution is -0.133. The van der Waals surface area contributed by atoms with Crippen molar-refractivity contribution in [1.82, 2.24) is 10.3 Å². The molecule has 8 heteroatoms. The molecule has 0 bridgehead atoms. The Hall–Kier alpha value is -2.87. The summed E-state index contributed by atoms with van der Waals surface area (Å²) in [5.74, 6) is -0.317. The lowest BCUT2D eigenvalue weighted by Crippen LogP contribution is -2.33. The first kappa shape index (κ1) is 25.4. The third-order valence-electron chi connectivity index (χ3n) is 4.98. The van der Waals surface area contributed by atoms with Crippen molar-refractivity contribution in [3.8, 4) is 5.75 Å². The number of carbonyl (C=O) groups is 2. The Balaban J connectivity index is 2.18. The molecule has 0 spiro atoms. The first-order valence-corrected chi connectivity index (χ1v) is 10.3. The van der Waals surface area contributed by atoms with Crippen LogP contribution in [0.2, 0.25) is 0 Å². The number of aryl methyl sites for hydroxylation is 3. The number of benzene rings is 1. The Morgan fingerprint density at radius 3 is 2.25 bits per heavy atom. The Labute approximate surface area is 187 Å². The number of nitrogens with zero attached hydrogens (tertiary/aromatic N) is 1. The van der Waals surface area contributed by atoms with Crippen LogP contribution < -0.4 is 10.1 Å². The molecule has 0 aliphatic heterocycles. The largest absolute Gasteiger partial charge is 0.487 e. The number of ether oxygens (including phenoxy) is 1. The van der Waals surface area contributed by atoms with Crippen LogP contribution in [0.1, 0.15) is 65.2 Å². The molecule has 2 aromatic rings. The number of rotatable bonds is 9. The average molecular weight is 449 g/mol. The summed E-state index contributed by atoms with van der Waals surface area (Å²) in [5.41, 5.74) is 2.07. The van der Waals surface area contributed by atoms with Gasteiger partial charge in [-0.1, -0.05) is 12.1 Å². The highest BCUT2D eigenvalue weighted by Crippen LogP contribution is 2.28. The molecule has 1 amide bonds. The molecule has 6 nitrogen and oxygen atoms in total. The van der Waals surface area contributed by atoms with Gasteiger partial charge in [-0.3, -0.25) is 14.6 Å². The minimum absolute atomic E-state index is 0.0838. The van der Waals surface area contributed by atoms with Crippen molar-refractivity contribution in [3.63, 3.8) is 0 Å². The zero-order chi connectivity index (χ0) is 24.2. The molecule has 0 aliphatic carbocycles. The number of nitrogens with one attached hydrogen (secondary N) is 1. The van der Waals surface area contributed by atoms with Crippen molar-refractivity contribution in [3.05, 3.63) is 57.9 Å². The molecule has 2 rings (SSSR count). The Morgan fingerprint density at radius 1 is 1.12 bits per heavy atom. The summed E-state index contributed by atoms with van der Waals surface area (Å²) in [6.45, 7) is 9.23. The highest BCUT2D eigenvalue weighted by atomic mass is 19.3. The summed E-state index contributed by atoms with van der Waals surface area (Å²) >= 11 is 0. The van der Waals surface area contributed by atoms with Crippen LogP contribution in [0.5, 0.6) is 5.75 Å². The molecule has 0 saturated carbocycles. The average Bonchev–Trinajstić information content (AvgIpc) is 2.65. The third kappa shape index (κ3) is 6.82. The van der Waals surface area contributed by atoms with Crippen molar-refractivity contribution in [2.75, 3.05) is 6.61 Å². The molecule has 0 fully saturated rings. The predicted octanol–water partition coefficient (Wildman–Crippen LogP) is 4.02. The van der Waals surface area contributed by atoms with Gasteiger partial charge in [0.2, 0.25) is 0 Å². The molecule has 1 aromatic carbocycles. The molecular weight excluding hydrogens is 418 g/mol. The van der Waals surface area contributed by atoms with Crippen LogP contribution in [0.25, 0.3) is 0 Å². The number of aromatic nitrogens is 1. The van der Waals surface area contributed by atoms with Crippen LogP contribution >= 0.6 is 0 Å². The van der Waals surface area contributed by atoms with Gasteiger partial charge in [0.15, 0.2) is 5.78 Å². The number of hydrogen-bond donors (Lipinski definition) is 2. The third-order valence-corrected chi connectivity index (χ3v) is 4.98. The molecule has 32 heavy (non-hydrogen) atoms. The number of amides is 1. The van der Waals surface area contributed by atoms with Gasteiger partial charge in [-0.25, -0.2) is 8.78 Å². The van der Waals surface area contributed by atoms with E-state index in [9.17, 15) is 23.5 Å². The second-order valence-corrected chi connectivity index (χ2v) is 8.53. The molecule has 1 unspecified atom stereocenters. The highest BCUT2D eigenvalue weighted by Gasteiger charge is 2.24. The van der Waals surface area contributed by atoms with E-state index < -0.39 is 24.4 Å². The summed E-state index contributed by atoms with van der Waals surface area (Å²) < 4.78 is 30.2. The maximum absolute atomic E-state index is 12.8. The SMILES string of the molecule is Cc1cc(C(=O)NC(C)c2cc(C)c(OCC(F)F)c(C)c2)cc(CC(=O)C(C)(C)O)n1. The number of Topliss-reactive ketones (excluding diaryl/α,β-unsaturated/α-hetero) is 1. The van der Waals surface area contributed by atoms with Gasteiger partial charge in [-0.2, -0.15) is 0 Å². The van der Waals surface area contributed by atoms with Gasteiger partial charge in [-0.05, 0) is 70.4 Å². The standard InChI is InChI=1S/C24H30F2N2O4/c1-13-7-17(8-14(2)22(13)32-12-21(25)26)16(4)28-23(30)18-9-15(3)27-19(10-18)11-20(29)24(5,6)31/h7-10,16,21,31H,11-12H2,1-6H3,(H,28,30). The summed E-state index contributed by atoms with van der Waals surface area (Å²) in [6.07, 6.45) is -2.64. The zero-order valence-electron chi connectivity index (χ0n) is 19.3. The number of carbonyl (C=O) groups excluding carboxylic acids is 2. The van der Waals surface area contributed by atoms with Gasteiger partial charge in [0, 0.05) is 17.0 Å². The maximum atomic E-state index is 12.8. The summed E-state index contributed by atoms with van der Waals surface area (Å²) in [7, 11) is 0. The monoisotopic (exact) mass is 448 g/mol. The normalized spacial score (nSPS) is 12.6. The van der Waals surface area contributed by atoms with E-state index in [0.29, 0.717) is 33.8 Å². The number of pyridine rings is 1. The van der Waals surface area contributed by atoms with Gasteiger partial charge < -0.3 is 15.2 Å². The number of ketones is 1. The van der Waals surface area contributed by atoms with E-state index in [1.165, 1.54) is 19.9 Å². The molecular formula is C24H30F2N2O4. The van der Waals surface area contributed by atoms with Gasteiger partial charge in [0.05, 0.1) is 12.5 Å². The van der Waals surface area contributed by atoms with Crippen LogP contribution in [0.15, 0.2) is 24.3 Å². The summed E-state index contributed by atoms with van der Waals surface area (Å²) in [5, 5.41) is 12.8. The minimum Gasteiger partial charge on any atom is -0.487 e. The highest BCUT2D eigenvalue weighted by molar-refractivity contribution is 5.95. The second kappa shape index (κ2) is 10.2. The summed E-state index contributed by atoms with van der Waals surface area (Å²) in [4.78, 5) is 29.3. The number of aliphatic hydroxyl groups is 1. The Morgan fingerprint density at radius 2 is 1.72 bits per heavy atom. The Bertz CT molecular complexity index is 977. The number of halogens is 2. The maximum Gasteiger partial charge on any atom is 0.272 e. The van der Waals surface area contributed by atoms with Crippen LogP contribution in [0.3, 0.4) is 0 Å². The fourth-order valence-corrected chi connectivity index (χ4v) is 3.31. The second-order valence-electron chi connectivity index (χ2n) is 8.53. The molecule has 0 aliphatic rings. The smallest absolute Gasteiger partial charge is 0.272 e. The first-order valence-electron chi connectivity index (χ1n) is 10.3. The van der Waals surface area contributed by atoms with E-state index >= 15 is 0 Å². The van der Waals surface area contributed by atoms with Crippen LogP contribution in [0, 0.1) is 20.8 Å². The van der Waals surface area contributed by atoms with Gasteiger partial charge >= 0.3 is 0 Å². The van der Waals surface area contributed by atoms with E-state index in [4.69, 9.17) is 4.74 Å². The van der Waals surface area contributed by atoms with E-state index in [1.54, 1.807) is 39.0 Å². The zero-order valence-corrected chi connectivity index (χ0v) is 19.3. The lowest BCUT2D eigenvalue weighted by atomic mass is 9.98. The van der Waals surface area contributed by atoms with E-state index in [-0.39, 0.29) is 18.4 Å². The van der Waals surface area contributed by atoms with Gasteiger partial charge in [-0.15, -0.1) is 0 Å². The molecule has 174 valence electrons. The summed E-state index contributed by atoms with van der Waals surface area (Å²) in [6, 6.07) is 6.39. The predicted molar refractivity (Wildman–Crippen MR) is 117 cm³/mol. The minimum atomic E-state index is -2.56. The molecule has 1 heterocycles. The van der Waals surface area contributed by atoms with Gasteiger partial charge in [0.25, 0.3) is 12.3 Å². The van der Waals surface area contributed by atoms with Crippen molar-refractivity contribution < 1.29 is 28.2 Å². The molecule has 2 N–H and O–H groups in total. The van der Waals surface area contributed by atoms with Crippen molar-refractivity contribution in [2.24, 2.45) is 0 Å². The fourth-order valence-electron chi connectivity index (χ4n) is 3.31. The van der Waals surface area contributed by atoms with Crippen LogP contribution in [-0.2, 0) is 11.2 Å². The van der Waals surface area contributed by atoms with E-state index in [2.05, 4.69) is 10.3 Å². The Kier molecular flexibility index (Phi) is 8.07. The molecule has 1 aromatic heterocycles. The molecule has 1 atom stereocenters. The van der Waals surface area contributed by atoms with Crippen LogP contribution in [0.4, 0.5) is 8.78 Å². The van der Waals surface area contributed by atoms with Crippen molar-refractivity contribution >= 4 is 11.7 Å². The van der Waals surface area contributed by atoms with Crippen molar-refractivity contribution in [1.29, 1.82) is 0 Å². The fraction of sp³-hybridized carbons (Fsp3) is 0.458. The van der Waals surface area contributed by atoms with Crippen molar-refractivity contribution in [2.45, 2.75) is 66.0 Å². The topological polar surface area (TPSA) is 88.5 Å². The van der Waals surface area contributed by atoms with E-state index in [0.717, 1.165) is 5.56 Å². The molecule has 0 radical (unpaired) electrons. The quantitative estimate of drug-likeness (QED) is 0.605.